The SMILES string of the molecule is C[C@H]1C[C@@H](NC(=O)NCc2nccn2C)C(=O)N1c1ccccc1. The normalized spacial score (nSPS) is 20.2. The minimum absolute atomic E-state index is 0.0414. The molecule has 0 spiro atoms. The number of nitrogens with zero attached hydrogens (tertiary/aromatic N) is 3. The Balaban J connectivity index is 1.59. The molecule has 2 N–H and O–H groups in total. The maximum absolute atomic E-state index is 12.6. The van der Waals surface area contributed by atoms with Gasteiger partial charge in [-0.3, -0.25) is 4.79 Å². The third-order valence-electron chi connectivity index (χ3n) is 4.22. The molecule has 126 valence electrons. The summed E-state index contributed by atoms with van der Waals surface area (Å²) in [5.41, 5.74) is 0.854. The number of carbonyl (C=O) groups is 2. The lowest BCUT2D eigenvalue weighted by molar-refractivity contribution is -0.118. The Labute approximate surface area is 140 Å². The standard InChI is InChI=1S/C17H21N5O2/c1-12-10-14(16(23)22(12)13-6-4-3-5-7-13)20-17(24)19-11-15-18-8-9-21(15)2/h3-9,12,14H,10-11H2,1-2H3,(H2,19,20,24)/t12-,14+/m0/s1. The molecule has 1 fully saturated rings. The number of hydrogen-bond acceptors (Lipinski definition) is 3. The first-order chi connectivity index (χ1) is 11.6. The molecule has 0 saturated carbocycles. The number of anilines is 1. The molecule has 3 rings (SSSR count). The van der Waals surface area contributed by atoms with Crippen LogP contribution < -0.4 is 15.5 Å². The molecule has 7 nitrogen and oxygen atoms in total. The van der Waals surface area contributed by atoms with E-state index in [9.17, 15) is 9.59 Å². The van der Waals surface area contributed by atoms with Gasteiger partial charge in [0.05, 0.1) is 6.54 Å². The zero-order valence-corrected chi connectivity index (χ0v) is 13.8. The number of para-hydroxylation sites is 1. The fourth-order valence-corrected chi connectivity index (χ4v) is 2.96. The molecule has 1 aromatic heterocycles. The van der Waals surface area contributed by atoms with E-state index in [4.69, 9.17) is 0 Å². The summed E-state index contributed by atoms with van der Waals surface area (Å²) >= 11 is 0. The van der Waals surface area contributed by atoms with Gasteiger partial charge < -0.3 is 20.1 Å². The number of hydrogen-bond donors (Lipinski definition) is 2. The Morgan fingerprint density at radius 3 is 2.75 bits per heavy atom. The number of aryl methyl sites for hydroxylation is 1. The lowest BCUT2D eigenvalue weighted by Crippen LogP contribution is -2.46. The molecule has 0 unspecified atom stereocenters. The second-order valence-corrected chi connectivity index (χ2v) is 5.96. The average molecular weight is 327 g/mol. The van der Waals surface area contributed by atoms with E-state index in [1.54, 1.807) is 11.1 Å². The maximum atomic E-state index is 12.6. The number of urea groups is 1. The number of amides is 3. The van der Waals surface area contributed by atoms with Crippen LogP contribution in [0.3, 0.4) is 0 Å². The second-order valence-electron chi connectivity index (χ2n) is 5.96. The second kappa shape index (κ2) is 6.74. The van der Waals surface area contributed by atoms with Crippen molar-refractivity contribution in [2.45, 2.75) is 32.0 Å². The lowest BCUT2D eigenvalue weighted by atomic mass is 10.2. The average Bonchev–Trinajstić information content (AvgIpc) is 3.09. The molecule has 0 bridgehead atoms. The molecule has 1 aromatic carbocycles. The topological polar surface area (TPSA) is 79.3 Å². The van der Waals surface area contributed by atoms with Crippen LogP contribution in [0, 0.1) is 0 Å². The molecule has 24 heavy (non-hydrogen) atoms. The van der Waals surface area contributed by atoms with E-state index in [1.165, 1.54) is 0 Å². The van der Waals surface area contributed by atoms with Gasteiger partial charge in [-0.15, -0.1) is 0 Å². The van der Waals surface area contributed by atoms with Gasteiger partial charge in [0, 0.05) is 31.2 Å². The minimum Gasteiger partial charge on any atom is -0.337 e. The Kier molecular flexibility index (Phi) is 4.50. The van der Waals surface area contributed by atoms with Crippen LogP contribution in [0.25, 0.3) is 0 Å². The maximum Gasteiger partial charge on any atom is 0.315 e. The van der Waals surface area contributed by atoms with Crippen molar-refractivity contribution in [1.82, 2.24) is 20.2 Å². The van der Waals surface area contributed by atoms with Crippen molar-refractivity contribution in [3.8, 4) is 0 Å². The van der Waals surface area contributed by atoms with E-state index in [0.717, 1.165) is 11.5 Å². The summed E-state index contributed by atoms with van der Waals surface area (Å²) in [6.45, 7) is 2.30. The zero-order chi connectivity index (χ0) is 17.1. The quantitative estimate of drug-likeness (QED) is 0.891. The highest BCUT2D eigenvalue weighted by atomic mass is 16.2. The summed E-state index contributed by atoms with van der Waals surface area (Å²) in [6.07, 6.45) is 4.08. The van der Waals surface area contributed by atoms with Crippen LogP contribution >= 0.6 is 0 Å². The monoisotopic (exact) mass is 327 g/mol. The smallest absolute Gasteiger partial charge is 0.315 e. The highest BCUT2D eigenvalue weighted by molar-refractivity contribution is 6.01. The summed E-state index contributed by atoms with van der Waals surface area (Å²) < 4.78 is 1.83. The molecule has 1 saturated heterocycles. The molecule has 7 heteroatoms. The zero-order valence-electron chi connectivity index (χ0n) is 13.8. The summed E-state index contributed by atoms with van der Waals surface area (Å²) in [7, 11) is 1.86. The van der Waals surface area contributed by atoms with E-state index in [2.05, 4.69) is 15.6 Å². The van der Waals surface area contributed by atoms with Crippen molar-refractivity contribution in [3.63, 3.8) is 0 Å². The predicted molar refractivity (Wildman–Crippen MR) is 90.4 cm³/mol. The van der Waals surface area contributed by atoms with Crippen molar-refractivity contribution >= 4 is 17.6 Å². The predicted octanol–water partition coefficient (Wildman–Crippen LogP) is 1.41. The van der Waals surface area contributed by atoms with Crippen LogP contribution in [0.2, 0.25) is 0 Å². The van der Waals surface area contributed by atoms with Crippen molar-refractivity contribution in [2.75, 3.05) is 4.90 Å². The van der Waals surface area contributed by atoms with E-state index in [1.807, 2.05) is 55.1 Å². The molecular formula is C17H21N5O2. The van der Waals surface area contributed by atoms with Gasteiger partial charge in [0.1, 0.15) is 11.9 Å². The minimum atomic E-state index is -0.512. The first-order valence-electron chi connectivity index (χ1n) is 7.95. The third kappa shape index (κ3) is 3.24. The van der Waals surface area contributed by atoms with Gasteiger partial charge in [-0.1, -0.05) is 18.2 Å². The fourth-order valence-electron chi connectivity index (χ4n) is 2.96. The van der Waals surface area contributed by atoms with Crippen LogP contribution in [0.1, 0.15) is 19.2 Å². The molecule has 3 amide bonds. The van der Waals surface area contributed by atoms with Crippen molar-refractivity contribution in [3.05, 3.63) is 48.5 Å². The van der Waals surface area contributed by atoms with E-state index >= 15 is 0 Å². The Morgan fingerprint density at radius 2 is 2.08 bits per heavy atom. The van der Waals surface area contributed by atoms with Gasteiger partial charge in [-0.2, -0.15) is 0 Å². The van der Waals surface area contributed by atoms with Gasteiger partial charge in [-0.25, -0.2) is 9.78 Å². The molecule has 1 aliphatic heterocycles. The molecule has 2 atom stereocenters. The number of rotatable bonds is 4. The van der Waals surface area contributed by atoms with Gasteiger partial charge >= 0.3 is 6.03 Å². The van der Waals surface area contributed by atoms with Crippen LogP contribution in [0.4, 0.5) is 10.5 Å². The largest absolute Gasteiger partial charge is 0.337 e. The molecule has 0 radical (unpaired) electrons. The molecular weight excluding hydrogens is 306 g/mol. The number of imidazole rings is 1. The van der Waals surface area contributed by atoms with E-state index < -0.39 is 6.04 Å². The number of benzene rings is 1. The number of aromatic nitrogens is 2. The summed E-state index contributed by atoms with van der Waals surface area (Å²) in [5.74, 6) is 0.669. The van der Waals surface area contributed by atoms with Gasteiger partial charge in [0.15, 0.2) is 0 Å². The summed E-state index contributed by atoms with van der Waals surface area (Å²) in [5, 5.41) is 5.50. The first kappa shape index (κ1) is 16.0. The number of carbonyl (C=O) groups excluding carboxylic acids is 2. The van der Waals surface area contributed by atoms with Crippen LogP contribution in [-0.2, 0) is 18.4 Å². The van der Waals surface area contributed by atoms with Crippen LogP contribution in [-0.4, -0.2) is 33.6 Å². The highest BCUT2D eigenvalue weighted by Crippen LogP contribution is 2.26. The van der Waals surface area contributed by atoms with Crippen LogP contribution in [0.15, 0.2) is 42.7 Å². The van der Waals surface area contributed by atoms with Crippen molar-refractivity contribution in [2.24, 2.45) is 7.05 Å². The molecule has 2 heterocycles. The van der Waals surface area contributed by atoms with E-state index in [-0.39, 0.29) is 18.0 Å². The van der Waals surface area contributed by atoms with Crippen molar-refractivity contribution in [1.29, 1.82) is 0 Å². The molecule has 2 aromatic rings. The van der Waals surface area contributed by atoms with E-state index in [0.29, 0.717) is 13.0 Å². The van der Waals surface area contributed by atoms with Gasteiger partial charge in [0.2, 0.25) is 5.91 Å². The summed E-state index contributed by atoms with van der Waals surface area (Å²) in [6, 6.07) is 8.68. The fraction of sp³-hybridized carbons (Fsp3) is 0.353. The lowest BCUT2D eigenvalue weighted by Gasteiger charge is -2.21. The molecule has 0 aliphatic carbocycles. The Morgan fingerprint density at radius 1 is 1.33 bits per heavy atom. The number of nitrogens with one attached hydrogen (secondary N) is 2. The Hall–Kier alpha value is -2.83. The van der Waals surface area contributed by atoms with Gasteiger partial charge in [-0.05, 0) is 25.5 Å². The van der Waals surface area contributed by atoms with Crippen LogP contribution in [0.5, 0.6) is 0 Å². The third-order valence-corrected chi connectivity index (χ3v) is 4.22. The first-order valence-corrected chi connectivity index (χ1v) is 7.95. The highest BCUT2D eigenvalue weighted by Gasteiger charge is 2.38. The van der Waals surface area contributed by atoms with Crippen molar-refractivity contribution < 1.29 is 9.59 Å². The molecule has 1 aliphatic rings. The van der Waals surface area contributed by atoms with Gasteiger partial charge in [0.25, 0.3) is 0 Å². The Bertz CT molecular complexity index is 728. The summed E-state index contributed by atoms with van der Waals surface area (Å²) in [4.78, 5) is 30.6.